The van der Waals surface area contributed by atoms with Crippen LogP contribution < -0.4 is 11.1 Å². The number of hydrogen-bond acceptors (Lipinski definition) is 2. The number of carbonyl (C=O) groups excluding carboxylic acids is 1. The molecule has 0 aromatic heterocycles. The number of nitrogens with one attached hydrogen (secondary N) is 1. The maximum Gasteiger partial charge on any atom is 0.255 e. The van der Waals surface area contributed by atoms with Crippen molar-refractivity contribution < 1.29 is 9.18 Å². The molecular formula is C14H11Br2FN2O. The van der Waals surface area contributed by atoms with E-state index in [-0.39, 0.29) is 5.91 Å². The van der Waals surface area contributed by atoms with E-state index < -0.39 is 5.82 Å². The van der Waals surface area contributed by atoms with Crippen molar-refractivity contribution in [2.45, 2.75) is 6.92 Å². The van der Waals surface area contributed by atoms with E-state index in [1.165, 1.54) is 6.07 Å². The summed E-state index contributed by atoms with van der Waals surface area (Å²) in [5.74, 6) is -0.775. The monoisotopic (exact) mass is 400 g/mol. The lowest BCUT2D eigenvalue weighted by Crippen LogP contribution is -2.13. The highest BCUT2D eigenvalue weighted by molar-refractivity contribution is 9.10. The van der Waals surface area contributed by atoms with Crippen LogP contribution in [0.4, 0.5) is 15.8 Å². The van der Waals surface area contributed by atoms with Crippen molar-refractivity contribution >= 4 is 49.1 Å². The van der Waals surface area contributed by atoms with Crippen LogP contribution in [0, 0.1) is 12.7 Å². The number of halogens is 3. The third kappa shape index (κ3) is 3.37. The Labute approximate surface area is 132 Å². The van der Waals surface area contributed by atoms with Gasteiger partial charge < -0.3 is 11.1 Å². The van der Waals surface area contributed by atoms with Gasteiger partial charge in [0.1, 0.15) is 5.82 Å². The molecule has 3 N–H and O–H groups in total. The van der Waals surface area contributed by atoms with Crippen molar-refractivity contribution in [1.29, 1.82) is 0 Å². The van der Waals surface area contributed by atoms with E-state index in [1.807, 2.05) is 0 Å². The molecule has 2 aromatic rings. The van der Waals surface area contributed by atoms with Crippen molar-refractivity contribution in [3.63, 3.8) is 0 Å². The van der Waals surface area contributed by atoms with Gasteiger partial charge in [0.05, 0.1) is 4.47 Å². The van der Waals surface area contributed by atoms with Gasteiger partial charge in [-0.1, -0.05) is 15.9 Å². The molecule has 0 bridgehead atoms. The number of hydrogen-bond donors (Lipinski definition) is 2. The fraction of sp³-hybridized carbons (Fsp3) is 0.0714. The zero-order chi connectivity index (χ0) is 14.9. The predicted molar refractivity (Wildman–Crippen MR) is 85.3 cm³/mol. The van der Waals surface area contributed by atoms with Gasteiger partial charge in [0.25, 0.3) is 5.91 Å². The summed E-state index contributed by atoms with van der Waals surface area (Å²) in [6.07, 6.45) is 0. The summed E-state index contributed by atoms with van der Waals surface area (Å²) >= 11 is 6.38. The van der Waals surface area contributed by atoms with Crippen LogP contribution in [0.1, 0.15) is 15.9 Å². The number of nitrogens with two attached hydrogens (primary N) is 1. The highest BCUT2D eigenvalue weighted by Crippen LogP contribution is 2.25. The molecule has 3 nitrogen and oxygen atoms in total. The Kier molecular flexibility index (Phi) is 4.45. The third-order valence-corrected chi connectivity index (χ3v) is 3.76. The van der Waals surface area contributed by atoms with Crippen LogP contribution in [0.15, 0.2) is 39.3 Å². The Morgan fingerprint density at radius 1 is 1.20 bits per heavy atom. The molecule has 2 rings (SSSR count). The summed E-state index contributed by atoms with van der Waals surface area (Å²) in [5, 5.41) is 2.67. The van der Waals surface area contributed by atoms with Gasteiger partial charge in [0.15, 0.2) is 0 Å². The first kappa shape index (κ1) is 15.0. The lowest BCUT2D eigenvalue weighted by Gasteiger charge is -2.10. The summed E-state index contributed by atoms with van der Waals surface area (Å²) in [6.45, 7) is 1.79. The van der Waals surface area contributed by atoms with Crippen molar-refractivity contribution in [2.24, 2.45) is 0 Å². The van der Waals surface area contributed by atoms with Gasteiger partial charge in [-0.25, -0.2) is 4.39 Å². The standard InChI is InChI=1S/C14H11Br2FN2O/c1-7-2-11(16)12(17)6-13(7)19-14(20)8-3-9(15)5-10(18)4-8/h2-6H,18H2,1H3,(H,19,20). The summed E-state index contributed by atoms with van der Waals surface area (Å²) in [5.41, 5.74) is 7.75. The Morgan fingerprint density at radius 2 is 1.90 bits per heavy atom. The number of benzene rings is 2. The van der Waals surface area contributed by atoms with E-state index in [1.54, 1.807) is 31.2 Å². The molecule has 0 aliphatic rings. The maximum absolute atomic E-state index is 13.5. The third-order valence-electron chi connectivity index (χ3n) is 2.70. The van der Waals surface area contributed by atoms with Crippen molar-refractivity contribution in [3.8, 4) is 0 Å². The highest BCUT2D eigenvalue weighted by atomic mass is 79.9. The number of amides is 1. The summed E-state index contributed by atoms with van der Waals surface area (Å²) in [7, 11) is 0. The molecule has 0 aliphatic carbocycles. The Hall–Kier alpha value is -1.40. The number of carbonyl (C=O) groups is 1. The molecular weight excluding hydrogens is 391 g/mol. The number of nitrogen functional groups attached to an aromatic ring is 1. The summed E-state index contributed by atoms with van der Waals surface area (Å²) < 4.78 is 14.6. The van der Waals surface area contributed by atoms with Crippen molar-refractivity contribution in [1.82, 2.24) is 0 Å². The summed E-state index contributed by atoms with van der Waals surface area (Å²) in [4.78, 5) is 12.1. The van der Waals surface area contributed by atoms with Crippen LogP contribution in [-0.2, 0) is 0 Å². The van der Waals surface area contributed by atoms with E-state index in [0.29, 0.717) is 25.9 Å². The zero-order valence-electron chi connectivity index (χ0n) is 10.5. The normalized spacial score (nSPS) is 10.4. The average Bonchev–Trinajstić information content (AvgIpc) is 2.34. The molecule has 0 unspecified atom stereocenters. The Balaban J connectivity index is 2.30. The molecule has 0 radical (unpaired) electrons. The van der Waals surface area contributed by atoms with Crippen LogP contribution >= 0.6 is 31.9 Å². The number of rotatable bonds is 2. The molecule has 0 saturated heterocycles. The predicted octanol–water partition coefficient (Wildman–Crippen LogP) is 4.49. The SMILES string of the molecule is Cc1cc(Br)c(F)cc1NC(=O)c1cc(N)cc(Br)c1. The second-order valence-electron chi connectivity index (χ2n) is 4.31. The van der Waals surface area contributed by atoms with Gasteiger partial charge in [-0.3, -0.25) is 4.79 Å². The fourth-order valence-corrected chi connectivity index (χ4v) is 2.69. The van der Waals surface area contributed by atoms with Gasteiger partial charge >= 0.3 is 0 Å². The van der Waals surface area contributed by atoms with Crippen LogP contribution in [0.2, 0.25) is 0 Å². The Bertz CT molecular complexity index is 669. The van der Waals surface area contributed by atoms with Crippen LogP contribution in [-0.4, -0.2) is 5.91 Å². The smallest absolute Gasteiger partial charge is 0.255 e. The molecule has 2 aromatic carbocycles. The average molecular weight is 402 g/mol. The molecule has 0 heterocycles. The lowest BCUT2D eigenvalue weighted by molar-refractivity contribution is 0.102. The second-order valence-corrected chi connectivity index (χ2v) is 6.08. The summed E-state index contributed by atoms with van der Waals surface area (Å²) in [6, 6.07) is 7.79. The second kappa shape index (κ2) is 5.93. The number of anilines is 2. The van der Waals surface area contributed by atoms with E-state index in [2.05, 4.69) is 37.2 Å². The quantitative estimate of drug-likeness (QED) is 0.728. The van der Waals surface area contributed by atoms with Gasteiger partial charge in [-0.05, 0) is 58.7 Å². The van der Waals surface area contributed by atoms with E-state index in [0.717, 1.165) is 5.56 Å². The largest absolute Gasteiger partial charge is 0.399 e. The molecule has 0 spiro atoms. The Morgan fingerprint density at radius 3 is 2.55 bits per heavy atom. The van der Waals surface area contributed by atoms with Crippen LogP contribution in [0.25, 0.3) is 0 Å². The topological polar surface area (TPSA) is 55.1 Å². The number of aryl methyl sites for hydroxylation is 1. The molecule has 0 atom stereocenters. The van der Waals surface area contributed by atoms with Gasteiger partial charge in [0, 0.05) is 21.4 Å². The first-order chi connectivity index (χ1) is 9.36. The zero-order valence-corrected chi connectivity index (χ0v) is 13.7. The molecule has 0 aliphatic heterocycles. The molecule has 104 valence electrons. The maximum atomic E-state index is 13.5. The van der Waals surface area contributed by atoms with Gasteiger partial charge in [-0.15, -0.1) is 0 Å². The minimum absolute atomic E-state index is 0.345. The first-order valence-electron chi connectivity index (χ1n) is 5.70. The van der Waals surface area contributed by atoms with E-state index in [4.69, 9.17) is 5.73 Å². The lowest BCUT2D eigenvalue weighted by atomic mass is 10.1. The minimum atomic E-state index is -0.431. The molecule has 0 saturated carbocycles. The van der Waals surface area contributed by atoms with Gasteiger partial charge in [0.2, 0.25) is 0 Å². The van der Waals surface area contributed by atoms with Crippen molar-refractivity contribution in [2.75, 3.05) is 11.1 Å². The van der Waals surface area contributed by atoms with Crippen LogP contribution in [0.5, 0.6) is 0 Å². The van der Waals surface area contributed by atoms with E-state index in [9.17, 15) is 9.18 Å². The fourth-order valence-electron chi connectivity index (χ4n) is 1.72. The minimum Gasteiger partial charge on any atom is -0.399 e. The first-order valence-corrected chi connectivity index (χ1v) is 7.28. The van der Waals surface area contributed by atoms with Gasteiger partial charge in [-0.2, -0.15) is 0 Å². The molecule has 6 heteroatoms. The highest BCUT2D eigenvalue weighted by Gasteiger charge is 2.11. The molecule has 1 amide bonds. The van der Waals surface area contributed by atoms with Crippen molar-refractivity contribution in [3.05, 3.63) is 56.2 Å². The molecule has 0 fully saturated rings. The molecule has 20 heavy (non-hydrogen) atoms. The van der Waals surface area contributed by atoms with E-state index >= 15 is 0 Å². The van der Waals surface area contributed by atoms with Crippen LogP contribution in [0.3, 0.4) is 0 Å².